The van der Waals surface area contributed by atoms with Gasteiger partial charge in [0, 0.05) is 19.1 Å². The Balaban J connectivity index is 0.00000225. The first-order valence-corrected chi connectivity index (χ1v) is 8.95. The van der Waals surface area contributed by atoms with Crippen LogP contribution in [0.1, 0.15) is 24.0 Å². The monoisotopic (exact) mass is 395 g/mol. The first-order valence-electron chi connectivity index (χ1n) is 7.51. The molecule has 5 nitrogen and oxygen atoms in total. The summed E-state index contributed by atoms with van der Waals surface area (Å²) in [6.07, 6.45) is -3.11. The maximum atomic E-state index is 13.0. The molecule has 138 valence electrons. The van der Waals surface area contributed by atoms with Gasteiger partial charge in [0.05, 0.1) is 22.1 Å². The summed E-state index contributed by atoms with van der Waals surface area (Å²) in [5, 5.41) is 8.80. The van der Waals surface area contributed by atoms with Gasteiger partial charge >= 0.3 is 6.18 Å². The van der Waals surface area contributed by atoms with E-state index in [1.165, 1.54) is 10.4 Å². The summed E-state index contributed by atoms with van der Waals surface area (Å²) in [5.41, 5.74) is 4.15. The molecule has 3 atom stereocenters. The van der Waals surface area contributed by atoms with Gasteiger partial charge in [-0.3, -0.25) is 0 Å². The van der Waals surface area contributed by atoms with Gasteiger partial charge < -0.3 is 5.73 Å². The van der Waals surface area contributed by atoms with Crippen molar-refractivity contribution < 1.29 is 21.6 Å². The van der Waals surface area contributed by atoms with Crippen LogP contribution in [0.2, 0.25) is 0 Å². The highest BCUT2D eigenvalue weighted by Crippen LogP contribution is 2.40. The van der Waals surface area contributed by atoms with Gasteiger partial charge in [-0.2, -0.15) is 22.7 Å². The van der Waals surface area contributed by atoms with Crippen molar-refractivity contribution in [2.75, 3.05) is 13.1 Å². The lowest BCUT2D eigenvalue weighted by molar-refractivity contribution is -0.137. The van der Waals surface area contributed by atoms with E-state index in [0.717, 1.165) is 25.0 Å². The van der Waals surface area contributed by atoms with Gasteiger partial charge in [0.15, 0.2) is 0 Å². The number of halogens is 4. The van der Waals surface area contributed by atoms with Crippen LogP contribution in [-0.2, 0) is 16.2 Å². The van der Waals surface area contributed by atoms with Crippen LogP contribution >= 0.6 is 12.4 Å². The maximum absolute atomic E-state index is 13.0. The summed E-state index contributed by atoms with van der Waals surface area (Å²) >= 11 is 0. The van der Waals surface area contributed by atoms with Gasteiger partial charge in [0.25, 0.3) is 0 Å². The lowest BCUT2D eigenvalue weighted by Crippen LogP contribution is -2.33. The minimum absolute atomic E-state index is 0. The van der Waals surface area contributed by atoms with Crippen molar-refractivity contribution in [1.29, 1.82) is 5.26 Å². The average molecular weight is 396 g/mol. The third-order valence-electron chi connectivity index (χ3n) is 4.93. The molecule has 1 aliphatic heterocycles. The van der Waals surface area contributed by atoms with Crippen LogP contribution in [0.15, 0.2) is 23.1 Å². The van der Waals surface area contributed by atoms with Gasteiger partial charge in [0.2, 0.25) is 10.0 Å². The molecular weight excluding hydrogens is 379 g/mol. The van der Waals surface area contributed by atoms with Crippen molar-refractivity contribution in [2.45, 2.75) is 30.0 Å². The SMILES string of the molecule is Cl.N#Cc1ccc(S(=O)(=O)N2CC3CCC(N)C3C2)cc1C(F)(F)F. The molecule has 1 saturated carbocycles. The van der Waals surface area contributed by atoms with E-state index in [-0.39, 0.29) is 43.4 Å². The van der Waals surface area contributed by atoms with Crippen molar-refractivity contribution in [3.05, 3.63) is 29.3 Å². The zero-order valence-corrected chi connectivity index (χ0v) is 14.7. The molecule has 0 spiro atoms. The van der Waals surface area contributed by atoms with Crippen LogP contribution in [-0.4, -0.2) is 31.9 Å². The standard InChI is InChI=1S/C15H16F3N3O2S.ClH/c16-15(17,18)13-5-11(3-1-9(13)6-19)24(22,23)21-7-10-2-4-14(20)12(10)8-21;/h1,3,5,10,12,14H,2,4,7-8,20H2;1H. The average Bonchev–Trinajstić information content (AvgIpc) is 3.08. The molecule has 0 bridgehead atoms. The van der Waals surface area contributed by atoms with Crippen molar-refractivity contribution >= 4 is 22.4 Å². The van der Waals surface area contributed by atoms with Crippen molar-refractivity contribution in [1.82, 2.24) is 4.31 Å². The molecule has 25 heavy (non-hydrogen) atoms. The maximum Gasteiger partial charge on any atom is 0.417 e. The van der Waals surface area contributed by atoms with E-state index < -0.39 is 32.2 Å². The van der Waals surface area contributed by atoms with Gasteiger partial charge in [-0.05, 0) is 42.9 Å². The number of fused-ring (bicyclic) bond motifs is 1. The van der Waals surface area contributed by atoms with E-state index in [1.54, 1.807) is 0 Å². The zero-order chi connectivity index (χ0) is 17.7. The molecule has 1 aliphatic carbocycles. The molecule has 1 heterocycles. The largest absolute Gasteiger partial charge is 0.417 e. The normalized spacial score (nSPS) is 26.8. The fraction of sp³-hybridized carbons (Fsp3) is 0.533. The molecule has 1 aromatic carbocycles. The van der Waals surface area contributed by atoms with Gasteiger partial charge in [-0.15, -0.1) is 12.4 Å². The third kappa shape index (κ3) is 3.49. The summed E-state index contributed by atoms with van der Waals surface area (Å²) in [6.45, 7) is 0.511. The first-order chi connectivity index (χ1) is 11.1. The number of rotatable bonds is 2. The second kappa shape index (κ2) is 6.76. The van der Waals surface area contributed by atoms with Crippen molar-refractivity contribution in [3.8, 4) is 6.07 Å². The molecule has 1 aromatic rings. The van der Waals surface area contributed by atoms with Crippen LogP contribution in [0.25, 0.3) is 0 Å². The molecule has 10 heteroatoms. The molecule has 3 rings (SSSR count). The van der Waals surface area contributed by atoms with Crippen molar-refractivity contribution in [2.24, 2.45) is 17.6 Å². The Bertz CT molecular complexity index is 807. The Morgan fingerprint density at radius 3 is 2.48 bits per heavy atom. The van der Waals surface area contributed by atoms with E-state index in [9.17, 15) is 21.6 Å². The number of sulfonamides is 1. The van der Waals surface area contributed by atoms with E-state index in [0.29, 0.717) is 6.07 Å². The number of alkyl halides is 3. The Kier molecular flexibility index (Phi) is 5.40. The molecule has 0 radical (unpaired) electrons. The Morgan fingerprint density at radius 2 is 1.92 bits per heavy atom. The van der Waals surface area contributed by atoms with Gasteiger partial charge in [-0.1, -0.05) is 0 Å². The number of nitrogens with two attached hydrogens (primary N) is 1. The molecule has 2 fully saturated rings. The molecule has 0 amide bonds. The Labute approximate surface area is 150 Å². The van der Waals surface area contributed by atoms with Crippen LogP contribution in [0.3, 0.4) is 0 Å². The van der Waals surface area contributed by atoms with Crippen LogP contribution in [0.5, 0.6) is 0 Å². The predicted octanol–water partition coefficient (Wildman–Crippen LogP) is 2.36. The van der Waals surface area contributed by atoms with E-state index in [1.807, 2.05) is 0 Å². The highest BCUT2D eigenvalue weighted by atomic mass is 35.5. The van der Waals surface area contributed by atoms with Crippen molar-refractivity contribution in [3.63, 3.8) is 0 Å². The summed E-state index contributed by atoms with van der Waals surface area (Å²) in [5.74, 6) is 0.218. The number of benzene rings is 1. The smallest absolute Gasteiger partial charge is 0.327 e. The molecule has 1 saturated heterocycles. The van der Waals surface area contributed by atoms with Gasteiger partial charge in [0.1, 0.15) is 0 Å². The van der Waals surface area contributed by atoms with Crippen LogP contribution in [0, 0.1) is 23.2 Å². The third-order valence-corrected chi connectivity index (χ3v) is 6.76. The van der Waals surface area contributed by atoms with E-state index >= 15 is 0 Å². The first kappa shape index (κ1) is 20.0. The summed E-state index contributed by atoms with van der Waals surface area (Å²) in [6, 6.07) is 3.87. The summed E-state index contributed by atoms with van der Waals surface area (Å²) < 4.78 is 65.7. The number of hydrogen-bond donors (Lipinski definition) is 1. The molecule has 2 aliphatic rings. The fourth-order valence-electron chi connectivity index (χ4n) is 3.63. The summed E-state index contributed by atoms with van der Waals surface area (Å²) in [4.78, 5) is -0.442. The predicted molar refractivity (Wildman–Crippen MR) is 86.4 cm³/mol. The lowest BCUT2D eigenvalue weighted by Gasteiger charge is -2.19. The number of hydrogen-bond acceptors (Lipinski definition) is 4. The van der Waals surface area contributed by atoms with Crippen LogP contribution in [0.4, 0.5) is 13.2 Å². The Hall–Kier alpha value is -1.34. The van der Waals surface area contributed by atoms with Gasteiger partial charge in [-0.25, -0.2) is 8.42 Å². The fourth-order valence-corrected chi connectivity index (χ4v) is 5.19. The van der Waals surface area contributed by atoms with E-state index in [2.05, 4.69) is 0 Å². The number of nitrogens with zero attached hydrogens (tertiary/aromatic N) is 2. The molecular formula is C15H17ClF3N3O2S. The highest BCUT2D eigenvalue weighted by Gasteiger charge is 2.45. The second-order valence-corrected chi connectivity index (χ2v) is 8.24. The minimum atomic E-state index is -4.79. The molecule has 0 aromatic heterocycles. The molecule has 2 N–H and O–H groups in total. The molecule has 3 unspecified atom stereocenters. The zero-order valence-electron chi connectivity index (χ0n) is 13.0. The topological polar surface area (TPSA) is 87.2 Å². The summed E-state index contributed by atoms with van der Waals surface area (Å²) in [7, 11) is -4.04. The second-order valence-electron chi connectivity index (χ2n) is 6.30. The number of nitriles is 1. The Morgan fingerprint density at radius 1 is 1.24 bits per heavy atom. The minimum Gasteiger partial charge on any atom is -0.327 e. The van der Waals surface area contributed by atoms with E-state index in [4.69, 9.17) is 11.0 Å². The highest BCUT2D eigenvalue weighted by molar-refractivity contribution is 7.89. The van der Waals surface area contributed by atoms with Crippen LogP contribution < -0.4 is 5.73 Å². The lowest BCUT2D eigenvalue weighted by atomic mass is 9.98. The quantitative estimate of drug-likeness (QED) is 0.832.